The van der Waals surface area contributed by atoms with E-state index in [2.05, 4.69) is 55.7 Å². The van der Waals surface area contributed by atoms with Gasteiger partial charge in [0, 0.05) is 30.1 Å². The van der Waals surface area contributed by atoms with Crippen LogP contribution in [0.3, 0.4) is 0 Å². The van der Waals surface area contributed by atoms with E-state index >= 15 is 0 Å². The first-order valence-corrected chi connectivity index (χ1v) is 8.71. The summed E-state index contributed by atoms with van der Waals surface area (Å²) >= 11 is 0. The number of nitrogens with one attached hydrogen (secondary N) is 2. The highest BCUT2D eigenvalue weighted by Crippen LogP contribution is 2.21. The lowest BCUT2D eigenvalue weighted by molar-refractivity contribution is -0.125. The monoisotopic (exact) mass is 319 g/mol. The van der Waals surface area contributed by atoms with Crippen molar-refractivity contribution < 1.29 is 4.79 Å². The fraction of sp³-hybridized carbons (Fsp3) is 0.632. The average molecular weight is 319 g/mol. The van der Waals surface area contributed by atoms with Crippen LogP contribution in [0.5, 0.6) is 0 Å². The molecule has 4 heteroatoms. The first-order chi connectivity index (χ1) is 10.8. The van der Waals surface area contributed by atoms with E-state index < -0.39 is 0 Å². The summed E-state index contributed by atoms with van der Waals surface area (Å²) in [6.07, 6.45) is 1.90. The van der Waals surface area contributed by atoms with E-state index in [0.29, 0.717) is 6.54 Å². The summed E-state index contributed by atoms with van der Waals surface area (Å²) < 4.78 is 0. The molecule has 130 valence electrons. The number of hydrogen-bond donors (Lipinski definition) is 3. The molecular formula is C19H33N3O. The summed E-state index contributed by atoms with van der Waals surface area (Å²) in [6, 6.07) is 10.5. The Balaban J connectivity index is 2.73. The molecule has 0 radical (unpaired) electrons. The fourth-order valence-corrected chi connectivity index (χ4v) is 2.70. The van der Waals surface area contributed by atoms with Gasteiger partial charge in [-0.3, -0.25) is 4.79 Å². The maximum Gasteiger partial charge on any atom is 0.224 e. The second kappa shape index (κ2) is 9.04. The standard InChI is InChI=1S/C19H33N3O/c1-6-19(7-2,13-21-18(23)14(3)15(4)20)22-16(5)17-11-9-8-10-12-17/h8-12,14-16,22H,6-7,13,20H2,1-5H3,(H,21,23). The Morgan fingerprint density at radius 3 is 2.17 bits per heavy atom. The van der Waals surface area contributed by atoms with Crippen molar-refractivity contribution in [2.24, 2.45) is 11.7 Å². The van der Waals surface area contributed by atoms with E-state index in [1.54, 1.807) is 0 Å². The molecule has 0 bridgehead atoms. The maximum atomic E-state index is 12.2. The molecule has 0 heterocycles. The summed E-state index contributed by atoms with van der Waals surface area (Å²) in [5.41, 5.74) is 6.97. The minimum Gasteiger partial charge on any atom is -0.354 e. The van der Waals surface area contributed by atoms with Gasteiger partial charge in [0.25, 0.3) is 0 Å². The SMILES string of the molecule is CCC(CC)(CNC(=O)C(C)C(C)N)NC(C)c1ccccc1. The molecule has 0 aliphatic rings. The molecule has 1 amide bonds. The highest BCUT2D eigenvalue weighted by Gasteiger charge is 2.29. The normalized spacial score (nSPS) is 15.7. The van der Waals surface area contributed by atoms with Gasteiger partial charge in [-0.15, -0.1) is 0 Å². The molecule has 0 aromatic heterocycles. The molecule has 4 N–H and O–H groups in total. The molecule has 1 aromatic carbocycles. The van der Waals surface area contributed by atoms with Crippen LogP contribution in [0, 0.1) is 5.92 Å². The predicted molar refractivity (Wildman–Crippen MR) is 97.1 cm³/mol. The number of carbonyl (C=O) groups is 1. The van der Waals surface area contributed by atoms with Crippen LogP contribution in [0.1, 0.15) is 59.1 Å². The molecule has 0 aliphatic carbocycles. The molecular weight excluding hydrogens is 286 g/mol. The molecule has 0 aliphatic heterocycles. The van der Waals surface area contributed by atoms with Gasteiger partial charge in [-0.25, -0.2) is 0 Å². The number of hydrogen-bond acceptors (Lipinski definition) is 3. The van der Waals surface area contributed by atoms with Gasteiger partial charge in [-0.05, 0) is 32.3 Å². The van der Waals surface area contributed by atoms with E-state index in [0.717, 1.165) is 12.8 Å². The van der Waals surface area contributed by atoms with Gasteiger partial charge in [0.15, 0.2) is 0 Å². The number of nitrogens with two attached hydrogens (primary N) is 1. The molecule has 1 rings (SSSR count). The third-order valence-corrected chi connectivity index (χ3v) is 4.98. The van der Waals surface area contributed by atoms with E-state index in [9.17, 15) is 4.79 Å². The topological polar surface area (TPSA) is 67.2 Å². The zero-order valence-electron chi connectivity index (χ0n) is 15.2. The molecule has 0 spiro atoms. The molecule has 0 saturated heterocycles. The first-order valence-electron chi connectivity index (χ1n) is 8.71. The number of rotatable bonds is 9. The summed E-state index contributed by atoms with van der Waals surface area (Å²) in [6.45, 7) is 10.9. The lowest BCUT2D eigenvalue weighted by Gasteiger charge is -2.37. The summed E-state index contributed by atoms with van der Waals surface area (Å²) in [5.74, 6) is -0.145. The van der Waals surface area contributed by atoms with Gasteiger partial charge < -0.3 is 16.4 Å². The predicted octanol–water partition coefficient (Wildman–Crippen LogP) is 3.00. The summed E-state index contributed by atoms with van der Waals surface area (Å²) in [5, 5.41) is 6.81. The Morgan fingerprint density at radius 2 is 1.70 bits per heavy atom. The van der Waals surface area contributed by atoms with Crippen LogP contribution in [0.2, 0.25) is 0 Å². The molecule has 0 fully saturated rings. The zero-order chi connectivity index (χ0) is 17.5. The largest absolute Gasteiger partial charge is 0.354 e. The Kier molecular flexibility index (Phi) is 7.73. The Hall–Kier alpha value is -1.39. The van der Waals surface area contributed by atoms with Crippen LogP contribution in [0.15, 0.2) is 30.3 Å². The third kappa shape index (κ3) is 5.63. The number of amides is 1. The smallest absolute Gasteiger partial charge is 0.224 e. The molecule has 3 unspecified atom stereocenters. The van der Waals surface area contributed by atoms with Gasteiger partial charge in [0.05, 0.1) is 0 Å². The van der Waals surface area contributed by atoms with Gasteiger partial charge in [-0.2, -0.15) is 0 Å². The number of carbonyl (C=O) groups excluding carboxylic acids is 1. The first kappa shape index (κ1) is 19.7. The number of benzene rings is 1. The van der Waals surface area contributed by atoms with E-state index in [1.165, 1.54) is 5.56 Å². The van der Waals surface area contributed by atoms with Crippen molar-refractivity contribution >= 4 is 5.91 Å². The van der Waals surface area contributed by atoms with E-state index in [1.807, 2.05) is 19.9 Å². The summed E-state index contributed by atoms with van der Waals surface area (Å²) in [7, 11) is 0. The van der Waals surface area contributed by atoms with Crippen LogP contribution >= 0.6 is 0 Å². The van der Waals surface area contributed by atoms with E-state index in [-0.39, 0.29) is 29.4 Å². The van der Waals surface area contributed by atoms with Crippen LogP contribution < -0.4 is 16.4 Å². The average Bonchev–Trinajstić information content (AvgIpc) is 2.58. The van der Waals surface area contributed by atoms with Crippen LogP contribution in [0.4, 0.5) is 0 Å². The van der Waals surface area contributed by atoms with Crippen molar-refractivity contribution in [1.29, 1.82) is 0 Å². The maximum absolute atomic E-state index is 12.2. The third-order valence-electron chi connectivity index (χ3n) is 4.98. The molecule has 4 nitrogen and oxygen atoms in total. The minimum atomic E-state index is -0.173. The van der Waals surface area contributed by atoms with Crippen molar-refractivity contribution in [3.8, 4) is 0 Å². The quantitative estimate of drug-likeness (QED) is 0.655. The van der Waals surface area contributed by atoms with Gasteiger partial charge in [-0.1, -0.05) is 51.1 Å². The van der Waals surface area contributed by atoms with Crippen LogP contribution in [-0.2, 0) is 4.79 Å². The second-order valence-corrected chi connectivity index (χ2v) is 6.63. The van der Waals surface area contributed by atoms with Gasteiger partial charge >= 0.3 is 0 Å². The van der Waals surface area contributed by atoms with Crippen molar-refractivity contribution in [3.63, 3.8) is 0 Å². The minimum absolute atomic E-state index is 0.0282. The molecule has 0 saturated carbocycles. The lowest BCUT2D eigenvalue weighted by atomic mass is 9.90. The Morgan fingerprint density at radius 1 is 1.13 bits per heavy atom. The van der Waals surface area contributed by atoms with Crippen LogP contribution in [-0.4, -0.2) is 24.0 Å². The van der Waals surface area contributed by atoms with Crippen molar-refractivity contribution in [3.05, 3.63) is 35.9 Å². The second-order valence-electron chi connectivity index (χ2n) is 6.63. The highest BCUT2D eigenvalue weighted by molar-refractivity contribution is 5.79. The van der Waals surface area contributed by atoms with Crippen molar-refractivity contribution in [2.75, 3.05) is 6.54 Å². The lowest BCUT2D eigenvalue weighted by Crippen LogP contribution is -2.54. The highest BCUT2D eigenvalue weighted by atomic mass is 16.1. The van der Waals surface area contributed by atoms with Crippen molar-refractivity contribution in [1.82, 2.24) is 10.6 Å². The van der Waals surface area contributed by atoms with E-state index in [4.69, 9.17) is 5.73 Å². The molecule has 3 atom stereocenters. The van der Waals surface area contributed by atoms with Crippen molar-refractivity contribution in [2.45, 2.75) is 65.1 Å². The van der Waals surface area contributed by atoms with Crippen LogP contribution in [0.25, 0.3) is 0 Å². The Labute approximate surface area is 141 Å². The van der Waals surface area contributed by atoms with Gasteiger partial charge in [0.1, 0.15) is 0 Å². The Bertz CT molecular complexity index is 469. The molecule has 1 aromatic rings. The van der Waals surface area contributed by atoms with Gasteiger partial charge in [0.2, 0.25) is 5.91 Å². The summed E-state index contributed by atoms with van der Waals surface area (Å²) in [4.78, 5) is 12.2. The molecule has 23 heavy (non-hydrogen) atoms. The zero-order valence-corrected chi connectivity index (χ0v) is 15.2. The fourth-order valence-electron chi connectivity index (χ4n) is 2.70.